The fourth-order valence-corrected chi connectivity index (χ4v) is 4.44. The number of benzene rings is 2. The Hall–Kier alpha value is -3.28. The molecule has 3 aromatic rings. The third kappa shape index (κ3) is 3.22. The van der Waals surface area contributed by atoms with Gasteiger partial charge in [-0.3, -0.25) is 4.99 Å². The van der Waals surface area contributed by atoms with Crippen LogP contribution in [-0.2, 0) is 6.42 Å². The van der Waals surface area contributed by atoms with Crippen LogP contribution in [0.15, 0.2) is 58.0 Å². The molecule has 6 heteroatoms. The predicted molar refractivity (Wildman–Crippen MR) is 119 cm³/mol. The summed E-state index contributed by atoms with van der Waals surface area (Å²) in [7, 11) is 0. The summed E-state index contributed by atoms with van der Waals surface area (Å²) in [6, 6.07) is 16.6. The van der Waals surface area contributed by atoms with E-state index < -0.39 is 0 Å². The van der Waals surface area contributed by atoms with Gasteiger partial charge in [-0.15, -0.1) is 0 Å². The molecule has 6 nitrogen and oxygen atoms in total. The second-order valence-corrected chi connectivity index (χ2v) is 8.17. The van der Waals surface area contributed by atoms with Crippen molar-refractivity contribution >= 4 is 17.8 Å². The summed E-state index contributed by atoms with van der Waals surface area (Å²) in [5.74, 6) is 1.89. The molecule has 0 saturated carbocycles. The van der Waals surface area contributed by atoms with Gasteiger partial charge in [0.1, 0.15) is 5.75 Å². The molecule has 1 aromatic heterocycles. The first-order valence-electron chi connectivity index (χ1n) is 10.6. The maximum atomic E-state index is 10.7. The van der Waals surface area contributed by atoms with Crippen LogP contribution in [0.3, 0.4) is 0 Å². The summed E-state index contributed by atoms with van der Waals surface area (Å²) in [5.41, 5.74) is 3.99. The summed E-state index contributed by atoms with van der Waals surface area (Å²) in [6.45, 7) is 5.99. The quantitative estimate of drug-likeness (QED) is 0.679. The molecule has 30 heavy (non-hydrogen) atoms. The van der Waals surface area contributed by atoms with Crippen molar-refractivity contribution in [2.24, 2.45) is 4.99 Å². The molecule has 0 bridgehead atoms. The average molecular weight is 402 g/mol. The third-order valence-corrected chi connectivity index (χ3v) is 6.08. The van der Waals surface area contributed by atoms with Crippen molar-refractivity contribution in [1.29, 1.82) is 0 Å². The first-order chi connectivity index (χ1) is 14.6. The Bertz CT molecular complexity index is 1080. The molecule has 5 rings (SSSR count). The summed E-state index contributed by atoms with van der Waals surface area (Å²) < 4.78 is 5.81. The monoisotopic (exact) mass is 402 g/mol. The molecule has 2 atom stereocenters. The first kappa shape index (κ1) is 18.7. The second kappa shape index (κ2) is 7.52. The van der Waals surface area contributed by atoms with E-state index in [-0.39, 0.29) is 17.8 Å². The first-order valence-corrected chi connectivity index (χ1v) is 10.6. The van der Waals surface area contributed by atoms with Crippen LogP contribution in [0.4, 0.5) is 11.5 Å². The molecule has 0 aliphatic carbocycles. The fraction of sp³-hybridized carbons (Fsp3) is 0.333. The van der Waals surface area contributed by atoms with Gasteiger partial charge in [0.2, 0.25) is 0 Å². The molecule has 2 aliphatic heterocycles. The number of aromatic nitrogens is 1. The molecular formula is C24H26N4O2. The van der Waals surface area contributed by atoms with Crippen molar-refractivity contribution < 1.29 is 9.63 Å². The SMILES string of the molecule is CC1CN(c2ccc(-c3onc4c3CCCN4[C@@H](C)c3ccccc3)cc2O)C=N1. The Labute approximate surface area is 176 Å². The highest BCUT2D eigenvalue weighted by Crippen LogP contribution is 2.41. The molecule has 2 aromatic carbocycles. The van der Waals surface area contributed by atoms with E-state index in [4.69, 9.17) is 4.52 Å². The minimum absolute atomic E-state index is 0.218. The highest BCUT2D eigenvalue weighted by molar-refractivity contribution is 5.85. The van der Waals surface area contributed by atoms with Gasteiger partial charge in [0.25, 0.3) is 0 Å². The summed E-state index contributed by atoms with van der Waals surface area (Å²) in [5, 5.41) is 15.1. The standard InChI is InChI=1S/C24H26N4O2/c1-16-14-27(15-25-16)21-11-10-19(13-22(21)29)23-20-9-6-12-28(24(20)26-30-23)17(2)18-7-4-3-5-8-18/h3-5,7-8,10-11,13,15-17,29H,6,9,12,14H2,1-2H3/t16?,17-/m0/s1. The maximum absolute atomic E-state index is 10.7. The largest absolute Gasteiger partial charge is 0.506 e. The second-order valence-electron chi connectivity index (χ2n) is 8.17. The van der Waals surface area contributed by atoms with E-state index in [2.05, 4.69) is 53.2 Å². The number of anilines is 2. The van der Waals surface area contributed by atoms with Crippen LogP contribution in [-0.4, -0.2) is 35.7 Å². The highest BCUT2D eigenvalue weighted by atomic mass is 16.5. The lowest BCUT2D eigenvalue weighted by Gasteiger charge is -2.33. The van der Waals surface area contributed by atoms with Gasteiger partial charge in [-0.1, -0.05) is 35.5 Å². The number of hydrogen-bond acceptors (Lipinski definition) is 6. The normalized spacial score (nSPS) is 19.2. The van der Waals surface area contributed by atoms with Crippen LogP contribution in [0.2, 0.25) is 0 Å². The average Bonchev–Trinajstić information content (AvgIpc) is 3.40. The van der Waals surface area contributed by atoms with Gasteiger partial charge in [-0.25, -0.2) is 0 Å². The van der Waals surface area contributed by atoms with Gasteiger partial charge in [-0.05, 0) is 50.5 Å². The van der Waals surface area contributed by atoms with E-state index in [0.29, 0.717) is 0 Å². The maximum Gasteiger partial charge on any atom is 0.176 e. The van der Waals surface area contributed by atoms with Gasteiger partial charge in [0, 0.05) is 24.2 Å². The van der Waals surface area contributed by atoms with E-state index >= 15 is 0 Å². The Balaban J connectivity index is 1.46. The summed E-state index contributed by atoms with van der Waals surface area (Å²) in [4.78, 5) is 8.66. The molecule has 0 fully saturated rings. The molecule has 3 heterocycles. The van der Waals surface area contributed by atoms with Gasteiger partial charge in [0.05, 0.1) is 24.1 Å². The molecule has 0 spiro atoms. The Morgan fingerprint density at radius 3 is 2.73 bits per heavy atom. The molecule has 2 aliphatic rings. The molecule has 1 N–H and O–H groups in total. The zero-order chi connectivity index (χ0) is 20.7. The number of phenolic OH excluding ortho intramolecular Hbond substituents is 1. The predicted octanol–water partition coefficient (Wildman–Crippen LogP) is 4.80. The lowest BCUT2D eigenvalue weighted by molar-refractivity contribution is 0.428. The van der Waals surface area contributed by atoms with Crippen LogP contribution in [0.5, 0.6) is 5.75 Å². The van der Waals surface area contributed by atoms with Crippen LogP contribution < -0.4 is 9.80 Å². The van der Waals surface area contributed by atoms with Gasteiger partial charge < -0.3 is 19.4 Å². The summed E-state index contributed by atoms with van der Waals surface area (Å²) in [6.07, 6.45) is 3.76. The van der Waals surface area contributed by atoms with Crippen molar-refractivity contribution in [2.75, 3.05) is 22.9 Å². The van der Waals surface area contributed by atoms with Gasteiger partial charge >= 0.3 is 0 Å². The van der Waals surface area contributed by atoms with E-state index in [1.165, 1.54) is 5.56 Å². The van der Waals surface area contributed by atoms with E-state index in [1.807, 2.05) is 23.1 Å². The van der Waals surface area contributed by atoms with Crippen LogP contribution in [0.1, 0.15) is 37.4 Å². The van der Waals surface area contributed by atoms with Crippen LogP contribution in [0.25, 0.3) is 11.3 Å². The van der Waals surface area contributed by atoms with Crippen molar-refractivity contribution in [2.45, 2.75) is 38.8 Å². The molecule has 1 unspecified atom stereocenters. The molecule has 0 amide bonds. The molecular weight excluding hydrogens is 376 g/mol. The highest BCUT2D eigenvalue weighted by Gasteiger charge is 2.29. The molecule has 0 radical (unpaired) electrons. The zero-order valence-electron chi connectivity index (χ0n) is 17.3. The number of aromatic hydroxyl groups is 1. The summed E-state index contributed by atoms with van der Waals surface area (Å²) >= 11 is 0. The zero-order valence-corrected chi connectivity index (χ0v) is 17.3. The number of nitrogens with zero attached hydrogens (tertiary/aromatic N) is 4. The van der Waals surface area contributed by atoms with Gasteiger partial charge in [-0.2, -0.15) is 0 Å². The van der Waals surface area contributed by atoms with E-state index in [0.717, 1.165) is 54.3 Å². The third-order valence-electron chi connectivity index (χ3n) is 6.08. The number of rotatable bonds is 4. The van der Waals surface area contributed by atoms with E-state index in [1.54, 1.807) is 12.4 Å². The topological polar surface area (TPSA) is 65.1 Å². The smallest absolute Gasteiger partial charge is 0.176 e. The minimum Gasteiger partial charge on any atom is -0.506 e. The van der Waals surface area contributed by atoms with Crippen molar-refractivity contribution in [3.05, 3.63) is 59.7 Å². The number of phenols is 1. The van der Waals surface area contributed by atoms with Crippen molar-refractivity contribution in [3.63, 3.8) is 0 Å². The fourth-order valence-electron chi connectivity index (χ4n) is 4.44. The molecule has 154 valence electrons. The lowest BCUT2D eigenvalue weighted by atomic mass is 9.98. The van der Waals surface area contributed by atoms with Gasteiger partial charge in [0.15, 0.2) is 11.6 Å². The van der Waals surface area contributed by atoms with E-state index in [9.17, 15) is 5.11 Å². The van der Waals surface area contributed by atoms with Crippen molar-refractivity contribution in [3.8, 4) is 17.1 Å². The Morgan fingerprint density at radius 2 is 2.00 bits per heavy atom. The minimum atomic E-state index is 0.218. The Kier molecular flexibility index (Phi) is 4.69. The lowest BCUT2D eigenvalue weighted by Crippen LogP contribution is -2.32. The van der Waals surface area contributed by atoms with Crippen LogP contribution in [0, 0.1) is 0 Å². The Morgan fingerprint density at radius 1 is 1.17 bits per heavy atom. The van der Waals surface area contributed by atoms with Crippen molar-refractivity contribution in [1.82, 2.24) is 5.16 Å². The number of aliphatic imine (C=N–C) groups is 1. The molecule has 0 saturated heterocycles. The van der Waals surface area contributed by atoms with Crippen LogP contribution >= 0.6 is 0 Å². The number of hydrogen-bond donors (Lipinski definition) is 1. The number of fused-ring (bicyclic) bond motifs is 1.